The molecule has 134 valence electrons. The summed E-state index contributed by atoms with van der Waals surface area (Å²) in [6.07, 6.45) is 5.70. The summed E-state index contributed by atoms with van der Waals surface area (Å²) >= 11 is 0. The van der Waals surface area contributed by atoms with E-state index in [1.165, 1.54) is 5.56 Å². The first-order valence-electron chi connectivity index (χ1n) is 8.89. The fourth-order valence-electron chi connectivity index (χ4n) is 2.60. The smallest absolute Gasteiger partial charge is 0.338 e. The van der Waals surface area contributed by atoms with Gasteiger partial charge < -0.3 is 4.74 Å². The van der Waals surface area contributed by atoms with Gasteiger partial charge in [-0.25, -0.2) is 4.79 Å². The summed E-state index contributed by atoms with van der Waals surface area (Å²) in [5.41, 5.74) is 4.87. The topological polar surface area (TPSA) is 26.3 Å². The summed E-state index contributed by atoms with van der Waals surface area (Å²) in [5.74, 6) is -0.358. The van der Waals surface area contributed by atoms with Crippen molar-refractivity contribution < 1.29 is 9.53 Å². The molecule has 0 N–H and O–H groups in total. The Morgan fingerprint density at radius 2 is 1.73 bits per heavy atom. The van der Waals surface area contributed by atoms with Gasteiger partial charge in [-0.3, -0.25) is 0 Å². The van der Waals surface area contributed by atoms with Crippen molar-refractivity contribution in [1.29, 1.82) is 0 Å². The summed E-state index contributed by atoms with van der Waals surface area (Å²) in [6, 6.07) is 18.1. The van der Waals surface area contributed by atoms with Gasteiger partial charge in [-0.1, -0.05) is 85.8 Å². The number of hydrogen-bond acceptors (Lipinski definition) is 2. The van der Waals surface area contributed by atoms with Crippen molar-refractivity contribution in [1.82, 2.24) is 0 Å². The van der Waals surface area contributed by atoms with E-state index in [-0.39, 0.29) is 12.1 Å². The Balaban J connectivity index is 2.14. The second-order valence-corrected chi connectivity index (χ2v) is 6.25. The summed E-state index contributed by atoms with van der Waals surface area (Å²) in [5, 5.41) is 0. The van der Waals surface area contributed by atoms with Gasteiger partial charge in [0.15, 0.2) is 0 Å². The second kappa shape index (κ2) is 9.57. The van der Waals surface area contributed by atoms with E-state index >= 15 is 0 Å². The van der Waals surface area contributed by atoms with Gasteiger partial charge in [0.2, 0.25) is 0 Å². The first kappa shape index (κ1) is 19.5. The zero-order valence-electron chi connectivity index (χ0n) is 15.7. The van der Waals surface area contributed by atoms with Crippen LogP contribution in [0.2, 0.25) is 0 Å². The van der Waals surface area contributed by atoms with Gasteiger partial charge >= 0.3 is 5.97 Å². The molecular weight excluding hydrogens is 320 g/mol. The molecule has 26 heavy (non-hydrogen) atoms. The van der Waals surface area contributed by atoms with E-state index in [2.05, 4.69) is 37.8 Å². The van der Waals surface area contributed by atoms with Crippen molar-refractivity contribution >= 4 is 11.5 Å². The highest BCUT2D eigenvalue weighted by Crippen LogP contribution is 2.22. The molecule has 2 aromatic rings. The summed E-state index contributed by atoms with van der Waals surface area (Å²) < 4.78 is 5.68. The molecule has 2 aromatic carbocycles. The highest BCUT2D eigenvalue weighted by atomic mass is 16.5. The molecule has 0 saturated carbocycles. The average Bonchev–Trinajstić information content (AvgIpc) is 2.67. The largest absolute Gasteiger partial charge is 0.454 e. The lowest BCUT2D eigenvalue weighted by Crippen LogP contribution is -2.12. The molecule has 0 heterocycles. The van der Waals surface area contributed by atoms with Crippen LogP contribution in [0.25, 0.3) is 5.57 Å². The molecule has 1 atom stereocenters. The predicted octanol–water partition coefficient (Wildman–Crippen LogP) is 6.21. The molecule has 0 saturated heterocycles. The summed E-state index contributed by atoms with van der Waals surface area (Å²) in [6.45, 7) is 9.84. The minimum Gasteiger partial charge on any atom is -0.454 e. The predicted molar refractivity (Wildman–Crippen MR) is 109 cm³/mol. The Morgan fingerprint density at radius 1 is 1.08 bits per heavy atom. The maximum absolute atomic E-state index is 12.5. The van der Waals surface area contributed by atoms with Gasteiger partial charge in [0.1, 0.15) is 6.10 Å². The zero-order chi connectivity index (χ0) is 18.9. The van der Waals surface area contributed by atoms with Crippen LogP contribution in [0.4, 0.5) is 0 Å². The van der Waals surface area contributed by atoms with Gasteiger partial charge in [-0.15, -0.1) is 0 Å². The van der Waals surface area contributed by atoms with E-state index < -0.39 is 0 Å². The van der Waals surface area contributed by atoms with Gasteiger partial charge in [0, 0.05) is 0 Å². The number of hydrogen-bond donors (Lipinski definition) is 0. The van der Waals surface area contributed by atoms with Crippen LogP contribution in [-0.2, 0) is 9.53 Å². The summed E-state index contributed by atoms with van der Waals surface area (Å²) in [4.78, 5) is 12.5. The number of carbonyl (C=O) groups excluding carboxylic acids is 1. The van der Waals surface area contributed by atoms with Crippen LogP contribution in [0.15, 0.2) is 85.0 Å². The van der Waals surface area contributed by atoms with E-state index in [4.69, 9.17) is 4.74 Å². The molecule has 1 unspecified atom stereocenters. The Bertz CT molecular complexity index is 796. The van der Waals surface area contributed by atoms with E-state index in [1.54, 1.807) is 12.2 Å². The maximum Gasteiger partial charge on any atom is 0.338 e. The van der Waals surface area contributed by atoms with Gasteiger partial charge in [-0.2, -0.15) is 0 Å². The highest BCUT2D eigenvalue weighted by Gasteiger charge is 2.16. The number of allylic oxidation sites excluding steroid dienone is 3. The molecule has 2 nitrogen and oxygen atoms in total. The fourth-order valence-corrected chi connectivity index (χ4v) is 2.60. The number of carbonyl (C=O) groups is 1. The van der Waals surface area contributed by atoms with Crippen LogP contribution in [0.3, 0.4) is 0 Å². The fraction of sp³-hybridized carbons (Fsp3) is 0.208. The molecule has 0 aliphatic heterocycles. The number of aryl methyl sites for hydroxylation is 1. The third-order valence-corrected chi connectivity index (χ3v) is 4.27. The number of esters is 1. The van der Waals surface area contributed by atoms with Crippen molar-refractivity contribution in [2.24, 2.45) is 0 Å². The van der Waals surface area contributed by atoms with Crippen LogP contribution in [-0.4, -0.2) is 5.97 Å². The third-order valence-electron chi connectivity index (χ3n) is 4.27. The van der Waals surface area contributed by atoms with Crippen LogP contribution >= 0.6 is 0 Å². The van der Waals surface area contributed by atoms with Gasteiger partial charge in [0.25, 0.3) is 0 Å². The summed E-state index contributed by atoms with van der Waals surface area (Å²) in [7, 11) is 0. The van der Waals surface area contributed by atoms with Crippen LogP contribution in [0.1, 0.15) is 43.1 Å². The van der Waals surface area contributed by atoms with E-state index in [0.29, 0.717) is 5.57 Å². The molecule has 0 aromatic heterocycles. The lowest BCUT2D eigenvalue weighted by atomic mass is 10.0. The quantitative estimate of drug-likeness (QED) is 0.339. The van der Waals surface area contributed by atoms with Crippen molar-refractivity contribution in [2.45, 2.75) is 33.3 Å². The Morgan fingerprint density at radius 3 is 2.31 bits per heavy atom. The van der Waals surface area contributed by atoms with E-state index in [9.17, 15) is 4.79 Å². The van der Waals surface area contributed by atoms with Crippen LogP contribution < -0.4 is 0 Å². The average molecular weight is 346 g/mol. The van der Waals surface area contributed by atoms with E-state index in [0.717, 1.165) is 23.1 Å². The van der Waals surface area contributed by atoms with Crippen molar-refractivity contribution in [3.63, 3.8) is 0 Å². The second-order valence-electron chi connectivity index (χ2n) is 6.25. The maximum atomic E-state index is 12.5. The Hall–Kier alpha value is -2.87. The lowest BCUT2D eigenvalue weighted by Gasteiger charge is -2.16. The first-order valence-corrected chi connectivity index (χ1v) is 8.89. The molecule has 0 radical (unpaired) electrons. The highest BCUT2D eigenvalue weighted by molar-refractivity contribution is 5.92. The SMILES string of the molecule is C=C/C(=C\C=C(/C)c1ccc(C)cc1)C(=O)OC(CC)c1ccccc1. The van der Waals surface area contributed by atoms with Gasteiger partial charge in [0.05, 0.1) is 5.57 Å². The van der Waals surface area contributed by atoms with Gasteiger partial charge in [-0.05, 0) is 43.0 Å². The third kappa shape index (κ3) is 5.32. The first-order chi connectivity index (χ1) is 12.5. The lowest BCUT2D eigenvalue weighted by molar-refractivity contribution is -0.144. The molecular formula is C24H26O2. The minimum absolute atomic E-state index is 0.255. The standard InChI is InChI=1S/C24H26O2/c1-5-20(17-14-19(4)21-15-12-18(3)13-16-21)24(25)26-23(6-2)22-10-8-7-9-11-22/h5,7-17,23H,1,6H2,2-4H3/b19-14+,20-17+. The number of rotatable bonds is 7. The Labute approximate surface area is 156 Å². The van der Waals surface area contributed by atoms with Crippen molar-refractivity contribution in [3.05, 3.63) is 102 Å². The molecule has 0 fully saturated rings. The van der Waals surface area contributed by atoms with Crippen LogP contribution in [0, 0.1) is 6.92 Å². The molecule has 0 aliphatic rings. The molecule has 0 bridgehead atoms. The molecule has 0 aliphatic carbocycles. The molecule has 2 heteroatoms. The molecule has 0 amide bonds. The molecule has 0 spiro atoms. The molecule has 2 rings (SSSR count). The van der Waals surface area contributed by atoms with E-state index in [1.807, 2.05) is 50.3 Å². The van der Waals surface area contributed by atoms with Crippen LogP contribution in [0.5, 0.6) is 0 Å². The minimum atomic E-state index is -0.358. The number of benzene rings is 2. The van der Waals surface area contributed by atoms with Crippen molar-refractivity contribution in [3.8, 4) is 0 Å². The normalized spacial score (nSPS) is 13.2. The zero-order valence-corrected chi connectivity index (χ0v) is 15.7. The van der Waals surface area contributed by atoms with Crippen molar-refractivity contribution in [2.75, 3.05) is 0 Å². The Kier molecular flexibility index (Phi) is 7.16. The number of ether oxygens (including phenoxy) is 1. The monoisotopic (exact) mass is 346 g/mol.